The molecule has 0 aromatic heterocycles. The highest BCUT2D eigenvalue weighted by atomic mass is 32.2. The molecule has 18 heavy (non-hydrogen) atoms. The van der Waals surface area contributed by atoms with Crippen LogP contribution >= 0.6 is 0 Å². The van der Waals surface area contributed by atoms with E-state index < -0.39 is 16.3 Å². The molecule has 0 saturated heterocycles. The molecule has 0 aliphatic heterocycles. The van der Waals surface area contributed by atoms with Crippen LogP contribution in [0.5, 0.6) is 0 Å². The van der Waals surface area contributed by atoms with Crippen molar-refractivity contribution in [2.24, 2.45) is 11.7 Å². The third kappa shape index (κ3) is 5.19. The van der Waals surface area contributed by atoms with E-state index in [-0.39, 0.29) is 24.6 Å². The highest BCUT2D eigenvalue weighted by molar-refractivity contribution is 7.88. The molecule has 106 valence electrons. The number of nitrogens with one attached hydrogen (secondary N) is 2. The van der Waals surface area contributed by atoms with Crippen LogP contribution in [0, 0.1) is 5.92 Å². The monoisotopic (exact) mass is 279 g/mol. The zero-order valence-corrected chi connectivity index (χ0v) is 11.5. The molecule has 1 aliphatic carbocycles. The molecule has 1 rings (SSSR count). The molecule has 1 aliphatic rings. The number of hydrogen-bond acceptors (Lipinski definition) is 5. The van der Waals surface area contributed by atoms with E-state index >= 15 is 0 Å². The minimum Gasteiger partial charge on any atom is -0.446 e. The first-order chi connectivity index (χ1) is 8.30. The maximum Gasteiger partial charge on any atom is 0.422 e. The Kier molecular flexibility index (Phi) is 5.36. The molecule has 0 bridgehead atoms. The smallest absolute Gasteiger partial charge is 0.422 e. The van der Waals surface area contributed by atoms with E-state index in [0.717, 1.165) is 19.3 Å². The summed E-state index contributed by atoms with van der Waals surface area (Å²) in [6.07, 6.45) is 1.47. The fourth-order valence-corrected chi connectivity index (χ4v) is 2.69. The van der Waals surface area contributed by atoms with Gasteiger partial charge >= 0.3 is 16.3 Å². The van der Waals surface area contributed by atoms with E-state index in [9.17, 15) is 13.2 Å². The Morgan fingerprint density at radius 2 is 2.11 bits per heavy atom. The summed E-state index contributed by atoms with van der Waals surface area (Å²) in [6, 6.07) is 0.0234. The fraction of sp³-hybridized carbons (Fsp3) is 0.900. The Hall–Kier alpha value is -0.860. The number of carbonyl (C=O) groups is 1. The number of nitrogens with two attached hydrogens (primary N) is 1. The molecule has 0 aromatic carbocycles. The van der Waals surface area contributed by atoms with E-state index in [0.29, 0.717) is 0 Å². The summed E-state index contributed by atoms with van der Waals surface area (Å²) in [7, 11) is -3.87. The number of amides is 1. The topological polar surface area (TPSA) is 111 Å². The number of ether oxygens (including phenoxy) is 1. The van der Waals surface area contributed by atoms with Crippen molar-refractivity contribution in [3.8, 4) is 0 Å². The second-order valence-corrected chi connectivity index (χ2v) is 6.26. The highest BCUT2D eigenvalue weighted by Crippen LogP contribution is 2.23. The molecule has 8 heteroatoms. The third-order valence-electron chi connectivity index (χ3n) is 2.81. The van der Waals surface area contributed by atoms with Crippen LogP contribution in [0.4, 0.5) is 4.79 Å². The quantitative estimate of drug-likeness (QED) is 0.660. The lowest BCUT2D eigenvalue weighted by Crippen LogP contribution is -2.44. The average Bonchev–Trinajstić information content (AvgIpc) is 2.58. The summed E-state index contributed by atoms with van der Waals surface area (Å²) < 4.78 is 31.8. The normalized spacial score (nSPS) is 24.2. The number of hydrogen-bond donors (Lipinski definition) is 3. The molecule has 0 aromatic rings. The summed E-state index contributed by atoms with van der Waals surface area (Å²) >= 11 is 0. The predicted octanol–water partition coefficient (Wildman–Crippen LogP) is 0.0828. The maximum absolute atomic E-state index is 11.5. The SMILES string of the molecule is CC(C)OC(=O)NS(=O)(=O)NCC1CCCC1N. The van der Waals surface area contributed by atoms with Gasteiger partial charge < -0.3 is 10.5 Å². The van der Waals surface area contributed by atoms with E-state index in [1.165, 1.54) is 0 Å². The fourth-order valence-electron chi connectivity index (χ4n) is 1.92. The van der Waals surface area contributed by atoms with Crippen molar-refractivity contribution in [3.05, 3.63) is 0 Å². The average molecular weight is 279 g/mol. The van der Waals surface area contributed by atoms with Crippen LogP contribution in [0.2, 0.25) is 0 Å². The van der Waals surface area contributed by atoms with Gasteiger partial charge in [-0.2, -0.15) is 13.1 Å². The largest absolute Gasteiger partial charge is 0.446 e. The molecule has 4 N–H and O–H groups in total. The molecule has 7 nitrogen and oxygen atoms in total. The van der Waals surface area contributed by atoms with Crippen LogP contribution in [0.1, 0.15) is 33.1 Å². The van der Waals surface area contributed by atoms with Gasteiger partial charge in [-0.1, -0.05) is 6.42 Å². The molecular weight excluding hydrogens is 258 g/mol. The van der Waals surface area contributed by atoms with Crippen molar-refractivity contribution in [2.45, 2.75) is 45.3 Å². The van der Waals surface area contributed by atoms with Gasteiger partial charge in [0.05, 0.1) is 6.10 Å². The molecule has 2 atom stereocenters. The van der Waals surface area contributed by atoms with Gasteiger partial charge in [0.25, 0.3) is 0 Å². The van der Waals surface area contributed by atoms with Crippen molar-refractivity contribution in [1.82, 2.24) is 9.44 Å². The minimum atomic E-state index is -3.87. The van der Waals surface area contributed by atoms with E-state index in [2.05, 4.69) is 9.46 Å². The van der Waals surface area contributed by atoms with Crippen LogP contribution in [-0.4, -0.2) is 33.2 Å². The Morgan fingerprint density at radius 3 is 2.61 bits per heavy atom. The molecule has 0 radical (unpaired) electrons. The van der Waals surface area contributed by atoms with Crippen LogP contribution in [0.25, 0.3) is 0 Å². The predicted molar refractivity (Wildman–Crippen MR) is 67.0 cm³/mol. The zero-order chi connectivity index (χ0) is 13.8. The molecule has 1 fully saturated rings. The van der Waals surface area contributed by atoms with Gasteiger partial charge in [0, 0.05) is 12.6 Å². The second-order valence-electron chi connectivity index (χ2n) is 4.76. The van der Waals surface area contributed by atoms with Gasteiger partial charge in [0.1, 0.15) is 0 Å². The Balaban J connectivity index is 2.37. The molecule has 1 saturated carbocycles. The maximum atomic E-state index is 11.5. The van der Waals surface area contributed by atoms with Crippen molar-refractivity contribution in [3.63, 3.8) is 0 Å². The van der Waals surface area contributed by atoms with Crippen LogP contribution < -0.4 is 15.2 Å². The second kappa shape index (κ2) is 6.35. The summed E-state index contributed by atoms with van der Waals surface area (Å²) in [4.78, 5) is 11.2. The van der Waals surface area contributed by atoms with Crippen LogP contribution in [0.15, 0.2) is 0 Å². The van der Waals surface area contributed by atoms with Gasteiger partial charge in [-0.3, -0.25) is 0 Å². The minimum absolute atomic E-state index is 0.0234. The van der Waals surface area contributed by atoms with Gasteiger partial charge in [0.2, 0.25) is 0 Å². The lowest BCUT2D eigenvalue weighted by atomic mass is 10.1. The van der Waals surface area contributed by atoms with Gasteiger partial charge in [0.15, 0.2) is 0 Å². The first-order valence-electron chi connectivity index (χ1n) is 6.04. The Bertz CT molecular complexity index is 383. The number of rotatable bonds is 5. The third-order valence-corrected chi connectivity index (χ3v) is 3.80. The summed E-state index contributed by atoms with van der Waals surface area (Å²) in [5.41, 5.74) is 5.83. The summed E-state index contributed by atoms with van der Waals surface area (Å²) in [5.74, 6) is 0.127. The molecule has 2 unspecified atom stereocenters. The van der Waals surface area contributed by atoms with Crippen molar-refractivity contribution >= 4 is 16.3 Å². The molecule has 1 amide bonds. The van der Waals surface area contributed by atoms with Crippen LogP contribution in [0.3, 0.4) is 0 Å². The van der Waals surface area contributed by atoms with Gasteiger partial charge in [-0.05, 0) is 32.6 Å². The first-order valence-corrected chi connectivity index (χ1v) is 7.52. The van der Waals surface area contributed by atoms with Crippen LogP contribution in [-0.2, 0) is 14.9 Å². The van der Waals surface area contributed by atoms with Crippen molar-refractivity contribution in [2.75, 3.05) is 6.54 Å². The summed E-state index contributed by atoms with van der Waals surface area (Å²) in [5, 5.41) is 0. The van der Waals surface area contributed by atoms with E-state index in [1.807, 2.05) is 0 Å². The lowest BCUT2D eigenvalue weighted by molar-refractivity contribution is 0.121. The van der Waals surface area contributed by atoms with Gasteiger partial charge in [-0.15, -0.1) is 0 Å². The highest BCUT2D eigenvalue weighted by Gasteiger charge is 2.26. The van der Waals surface area contributed by atoms with Crippen molar-refractivity contribution < 1.29 is 17.9 Å². The molecule has 0 heterocycles. The molecular formula is C10H21N3O4S. The summed E-state index contributed by atoms with van der Waals surface area (Å²) in [6.45, 7) is 3.51. The van der Waals surface area contributed by atoms with Gasteiger partial charge in [-0.25, -0.2) is 9.52 Å². The van der Waals surface area contributed by atoms with E-state index in [1.54, 1.807) is 18.6 Å². The standard InChI is InChI=1S/C10H21N3O4S/c1-7(2)17-10(14)13-18(15,16)12-6-8-4-3-5-9(8)11/h7-9,12H,3-6,11H2,1-2H3,(H,13,14). The van der Waals surface area contributed by atoms with Crippen molar-refractivity contribution in [1.29, 1.82) is 0 Å². The molecule has 0 spiro atoms. The zero-order valence-electron chi connectivity index (χ0n) is 10.7. The van der Waals surface area contributed by atoms with E-state index in [4.69, 9.17) is 5.73 Å². The lowest BCUT2D eigenvalue weighted by Gasteiger charge is -2.16. The Morgan fingerprint density at radius 1 is 1.44 bits per heavy atom. The Labute approximate surface area is 108 Å². The first kappa shape index (κ1) is 15.2. The number of carbonyl (C=O) groups excluding carboxylic acids is 1.